The molecule has 0 radical (unpaired) electrons. The van der Waals surface area contributed by atoms with E-state index in [0.29, 0.717) is 12.4 Å². The highest BCUT2D eigenvalue weighted by Crippen LogP contribution is 2.22. The van der Waals surface area contributed by atoms with Crippen LogP contribution in [0.25, 0.3) is 6.08 Å². The molecule has 0 saturated heterocycles. The molecule has 0 aliphatic rings. The number of benzene rings is 1. The number of hydrogen-bond donors (Lipinski definition) is 1. The number of carbonyl (C=O) groups is 1. The molecule has 21 heavy (non-hydrogen) atoms. The first kappa shape index (κ1) is 14.8. The third-order valence-electron chi connectivity index (χ3n) is 3.05. The predicted octanol–water partition coefficient (Wildman–Crippen LogP) is 2.71. The number of aliphatic carboxylic acids is 1. The number of hydrogen-bond acceptors (Lipinski definition) is 3. The number of carboxylic acid groups (broad SMARTS) is 1. The molecule has 1 aromatic heterocycles. The molecule has 1 N–H and O–H groups in total. The van der Waals surface area contributed by atoms with E-state index in [4.69, 9.17) is 9.84 Å². The van der Waals surface area contributed by atoms with Gasteiger partial charge in [-0.25, -0.2) is 4.79 Å². The number of rotatable bonds is 5. The van der Waals surface area contributed by atoms with E-state index >= 15 is 0 Å². The molecule has 0 aliphatic heterocycles. The molecular weight excluding hydrogens is 268 g/mol. The van der Waals surface area contributed by atoms with E-state index in [9.17, 15) is 4.79 Å². The van der Waals surface area contributed by atoms with Crippen molar-refractivity contribution in [2.75, 3.05) is 0 Å². The van der Waals surface area contributed by atoms with Crippen molar-refractivity contribution in [1.82, 2.24) is 9.78 Å². The Hall–Kier alpha value is -2.56. The van der Waals surface area contributed by atoms with Gasteiger partial charge in [-0.2, -0.15) is 5.10 Å². The van der Waals surface area contributed by atoms with E-state index in [2.05, 4.69) is 5.10 Å². The second kappa shape index (κ2) is 6.26. The molecule has 2 aromatic rings. The maximum absolute atomic E-state index is 10.7. The second-order valence-corrected chi connectivity index (χ2v) is 4.90. The highest BCUT2D eigenvalue weighted by molar-refractivity contribution is 5.85. The normalized spacial score (nSPS) is 11.0. The molecule has 0 unspecified atom stereocenters. The summed E-state index contributed by atoms with van der Waals surface area (Å²) in [5.41, 5.74) is 3.69. The Morgan fingerprint density at radius 3 is 2.76 bits per heavy atom. The van der Waals surface area contributed by atoms with Gasteiger partial charge in [-0.15, -0.1) is 0 Å². The second-order valence-electron chi connectivity index (χ2n) is 4.90. The monoisotopic (exact) mass is 286 g/mol. The van der Waals surface area contributed by atoms with Gasteiger partial charge in [-0.1, -0.05) is 11.6 Å². The lowest BCUT2D eigenvalue weighted by atomic mass is 10.1. The van der Waals surface area contributed by atoms with Gasteiger partial charge in [-0.05, 0) is 38.1 Å². The summed E-state index contributed by atoms with van der Waals surface area (Å²) in [6.07, 6.45) is 2.65. The zero-order chi connectivity index (χ0) is 15.4. The summed E-state index contributed by atoms with van der Waals surface area (Å²) in [6, 6.07) is 7.63. The van der Waals surface area contributed by atoms with E-state index in [-0.39, 0.29) is 0 Å². The molecular formula is C16H18N2O3. The largest absolute Gasteiger partial charge is 0.487 e. The highest BCUT2D eigenvalue weighted by Gasteiger charge is 2.06. The van der Waals surface area contributed by atoms with Gasteiger partial charge in [0.2, 0.25) is 0 Å². The third kappa shape index (κ3) is 3.95. The van der Waals surface area contributed by atoms with Crippen molar-refractivity contribution in [2.24, 2.45) is 7.05 Å². The first-order valence-corrected chi connectivity index (χ1v) is 6.59. The Balaban J connectivity index is 2.19. The molecule has 1 heterocycles. The van der Waals surface area contributed by atoms with Crippen molar-refractivity contribution in [1.29, 1.82) is 0 Å². The standard InChI is InChI=1S/C16H18N2O3/c1-11-4-6-15(13(8-11)5-7-16(19)20)21-10-14-9-12(2)17-18(14)3/h4-9H,10H2,1-3H3,(H,19,20). The van der Waals surface area contributed by atoms with Gasteiger partial charge in [0.1, 0.15) is 12.4 Å². The van der Waals surface area contributed by atoms with Crippen LogP contribution in [0.2, 0.25) is 0 Å². The maximum atomic E-state index is 10.7. The number of carboxylic acids is 1. The van der Waals surface area contributed by atoms with Gasteiger partial charge < -0.3 is 9.84 Å². The molecule has 0 aliphatic carbocycles. The summed E-state index contributed by atoms with van der Waals surface area (Å²) in [6.45, 7) is 4.26. The van der Waals surface area contributed by atoms with Gasteiger partial charge in [0.15, 0.2) is 0 Å². The Morgan fingerprint density at radius 1 is 1.38 bits per heavy atom. The minimum Gasteiger partial charge on any atom is -0.487 e. The van der Waals surface area contributed by atoms with Gasteiger partial charge >= 0.3 is 5.97 Å². The summed E-state index contributed by atoms with van der Waals surface area (Å²) >= 11 is 0. The summed E-state index contributed by atoms with van der Waals surface area (Å²) in [7, 11) is 1.87. The molecule has 0 bridgehead atoms. The van der Waals surface area contributed by atoms with Gasteiger partial charge in [-0.3, -0.25) is 4.68 Å². The van der Waals surface area contributed by atoms with E-state index in [1.165, 1.54) is 0 Å². The highest BCUT2D eigenvalue weighted by atomic mass is 16.5. The zero-order valence-electron chi connectivity index (χ0n) is 12.3. The third-order valence-corrected chi connectivity index (χ3v) is 3.05. The summed E-state index contributed by atoms with van der Waals surface area (Å²) < 4.78 is 7.57. The first-order valence-electron chi connectivity index (χ1n) is 6.59. The van der Waals surface area contributed by atoms with E-state index in [1.807, 2.05) is 45.2 Å². The number of ether oxygens (including phenoxy) is 1. The van der Waals surface area contributed by atoms with Crippen LogP contribution in [0.3, 0.4) is 0 Å². The molecule has 0 atom stereocenters. The van der Waals surface area contributed by atoms with Crippen LogP contribution in [-0.2, 0) is 18.4 Å². The van der Waals surface area contributed by atoms with E-state index in [1.54, 1.807) is 10.8 Å². The summed E-state index contributed by atoms with van der Waals surface area (Å²) in [4.78, 5) is 10.7. The average Bonchev–Trinajstić information content (AvgIpc) is 2.73. The van der Waals surface area contributed by atoms with Crippen LogP contribution < -0.4 is 4.74 Å². The topological polar surface area (TPSA) is 64.4 Å². The summed E-state index contributed by atoms with van der Waals surface area (Å²) in [5, 5.41) is 13.0. The Kier molecular flexibility index (Phi) is 4.42. The number of aryl methyl sites for hydroxylation is 3. The molecule has 2 rings (SSSR count). The van der Waals surface area contributed by atoms with Crippen molar-refractivity contribution < 1.29 is 14.6 Å². The van der Waals surface area contributed by atoms with Gasteiger partial charge in [0.25, 0.3) is 0 Å². The van der Waals surface area contributed by atoms with Crippen LogP contribution in [0.4, 0.5) is 0 Å². The fourth-order valence-electron chi connectivity index (χ4n) is 2.04. The lowest BCUT2D eigenvalue weighted by Crippen LogP contribution is -2.03. The van der Waals surface area contributed by atoms with Crippen molar-refractivity contribution >= 4 is 12.0 Å². The van der Waals surface area contributed by atoms with Crippen LogP contribution in [-0.4, -0.2) is 20.9 Å². The van der Waals surface area contributed by atoms with Gasteiger partial charge in [0, 0.05) is 18.7 Å². The van der Waals surface area contributed by atoms with Crippen LogP contribution >= 0.6 is 0 Å². The molecule has 110 valence electrons. The SMILES string of the molecule is Cc1ccc(OCc2cc(C)nn2C)c(C=CC(=O)O)c1. The fraction of sp³-hybridized carbons (Fsp3) is 0.250. The van der Waals surface area contributed by atoms with E-state index < -0.39 is 5.97 Å². The Morgan fingerprint density at radius 2 is 2.14 bits per heavy atom. The van der Waals surface area contributed by atoms with Crippen molar-refractivity contribution in [2.45, 2.75) is 20.5 Å². The molecule has 5 nitrogen and oxygen atoms in total. The molecule has 5 heteroatoms. The molecule has 0 amide bonds. The van der Waals surface area contributed by atoms with Crippen LogP contribution in [0.5, 0.6) is 5.75 Å². The van der Waals surface area contributed by atoms with Crippen molar-refractivity contribution in [3.63, 3.8) is 0 Å². The molecule has 0 fully saturated rings. The van der Waals surface area contributed by atoms with Crippen LogP contribution in [0.15, 0.2) is 30.3 Å². The predicted molar refractivity (Wildman–Crippen MR) is 80.1 cm³/mol. The van der Waals surface area contributed by atoms with Crippen LogP contribution in [0, 0.1) is 13.8 Å². The molecule has 0 spiro atoms. The minimum atomic E-state index is -0.982. The molecule has 1 aromatic carbocycles. The average molecular weight is 286 g/mol. The van der Waals surface area contributed by atoms with Crippen molar-refractivity contribution in [3.05, 3.63) is 52.9 Å². The lowest BCUT2D eigenvalue weighted by Gasteiger charge is -2.10. The number of nitrogens with zero attached hydrogens (tertiary/aromatic N) is 2. The Labute approximate surface area is 123 Å². The number of aromatic nitrogens is 2. The smallest absolute Gasteiger partial charge is 0.328 e. The minimum absolute atomic E-state index is 0.383. The zero-order valence-corrected chi connectivity index (χ0v) is 12.3. The van der Waals surface area contributed by atoms with Crippen LogP contribution in [0.1, 0.15) is 22.5 Å². The summed E-state index contributed by atoms with van der Waals surface area (Å²) in [5.74, 6) is -0.332. The van der Waals surface area contributed by atoms with E-state index in [0.717, 1.165) is 28.6 Å². The first-order chi connectivity index (χ1) is 9.95. The van der Waals surface area contributed by atoms with Gasteiger partial charge in [0.05, 0.1) is 11.4 Å². The lowest BCUT2D eigenvalue weighted by molar-refractivity contribution is -0.131. The Bertz CT molecular complexity index is 687. The fourth-order valence-corrected chi connectivity index (χ4v) is 2.04. The quantitative estimate of drug-likeness (QED) is 0.858. The maximum Gasteiger partial charge on any atom is 0.328 e. The van der Waals surface area contributed by atoms with Crippen molar-refractivity contribution in [3.8, 4) is 5.75 Å². The molecule has 0 saturated carbocycles.